The highest BCUT2D eigenvalue weighted by Crippen LogP contribution is 2.23. The number of ether oxygens (including phenoxy) is 1. The Balaban J connectivity index is 1.57. The molecule has 1 aromatic carbocycles. The predicted octanol–water partition coefficient (Wildman–Crippen LogP) is 3.64. The van der Waals surface area contributed by atoms with E-state index in [-0.39, 0.29) is 5.91 Å². The van der Waals surface area contributed by atoms with Crippen LogP contribution in [-0.4, -0.2) is 47.3 Å². The van der Waals surface area contributed by atoms with Crippen molar-refractivity contribution in [1.82, 2.24) is 14.7 Å². The van der Waals surface area contributed by atoms with Crippen LogP contribution < -0.4 is 5.32 Å². The van der Waals surface area contributed by atoms with Gasteiger partial charge in [0, 0.05) is 13.0 Å². The topological polar surface area (TPSA) is 89.6 Å². The number of carbonyl (C=O) groups excluding carboxylic acids is 2. The van der Waals surface area contributed by atoms with Gasteiger partial charge in [0.05, 0.1) is 36.4 Å². The van der Waals surface area contributed by atoms with Crippen LogP contribution in [0.3, 0.4) is 0 Å². The normalized spacial score (nSPS) is 11.0. The average Bonchev–Trinajstić information content (AvgIpc) is 3.26. The number of hydrogen-bond donors (Lipinski definition) is 1. The van der Waals surface area contributed by atoms with Gasteiger partial charge in [0.2, 0.25) is 5.91 Å². The fourth-order valence-corrected chi connectivity index (χ4v) is 3.42. The van der Waals surface area contributed by atoms with Gasteiger partial charge < -0.3 is 14.5 Å². The summed E-state index contributed by atoms with van der Waals surface area (Å²) in [5, 5.41) is 7.55. The minimum absolute atomic E-state index is 0.0865. The number of para-hydroxylation sites is 1. The molecule has 8 nitrogen and oxygen atoms in total. The Morgan fingerprint density at radius 2 is 1.90 bits per heavy atom. The molecule has 0 aliphatic heterocycles. The first-order chi connectivity index (χ1) is 14.8. The highest BCUT2D eigenvalue weighted by atomic mass is 16.5. The summed E-state index contributed by atoms with van der Waals surface area (Å²) >= 11 is 0. The van der Waals surface area contributed by atoms with Crippen molar-refractivity contribution in [1.29, 1.82) is 0 Å². The van der Waals surface area contributed by atoms with E-state index in [1.807, 2.05) is 60.8 Å². The molecule has 2 aromatic heterocycles. The number of furan rings is 1. The van der Waals surface area contributed by atoms with Crippen LogP contribution in [0.5, 0.6) is 0 Å². The van der Waals surface area contributed by atoms with Gasteiger partial charge >= 0.3 is 5.97 Å². The van der Waals surface area contributed by atoms with Gasteiger partial charge in [0.15, 0.2) is 0 Å². The number of nitrogens with one attached hydrogen (secondary N) is 1. The molecule has 164 valence electrons. The number of benzene rings is 1. The molecule has 31 heavy (non-hydrogen) atoms. The number of nitrogens with zero attached hydrogens (tertiary/aromatic N) is 3. The molecule has 0 saturated heterocycles. The van der Waals surface area contributed by atoms with Crippen molar-refractivity contribution >= 4 is 17.6 Å². The smallest absolute Gasteiger partial charge is 0.341 e. The molecule has 3 aromatic rings. The summed E-state index contributed by atoms with van der Waals surface area (Å²) in [5.74, 6) is 0.666. The summed E-state index contributed by atoms with van der Waals surface area (Å²) < 4.78 is 12.2. The van der Waals surface area contributed by atoms with Gasteiger partial charge in [-0.05, 0) is 46.0 Å². The summed E-state index contributed by atoms with van der Waals surface area (Å²) in [6.45, 7) is 6.56. The maximum Gasteiger partial charge on any atom is 0.341 e. The zero-order chi connectivity index (χ0) is 22.5. The van der Waals surface area contributed by atoms with Crippen LogP contribution in [0, 0.1) is 20.8 Å². The van der Waals surface area contributed by atoms with Crippen molar-refractivity contribution in [3.05, 3.63) is 64.9 Å². The Bertz CT molecular complexity index is 1070. The van der Waals surface area contributed by atoms with E-state index in [2.05, 4.69) is 10.4 Å². The molecular formula is C23H28N4O4. The Morgan fingerprint density at radius 1 is 1.19 bits per heavy atom. The standard InChI is InChI=1S/C23H28N4O4/c1-15-22(16(2)27(25-15)18-9-7-6-8-10-18)24-21(28)11-12-26(4)14-19-13-20(17(3)31-19)23(29)30-5/h6-10,13H,11-12,14H2,1-5H3,(H,24,28). The Labute approximate surface area is 181 Å². The van der Waals surface area contributed by atoms with Gasteiger partial charge in [-0.2, -0.15) is 5.10 Å². The maximum atomic E-state index is 12.5. The number of hydrogen-bond acceptors (Lipinski definition) is 6. The van der Waals surface area contributed by atoms with E-state index in [1.54, 1.807) is 13.0 Å². The van der Waals surface area contributed by atoms with Crippen molar-refractivity contribution in [3.8, 4) is 5.69 Å². The molecule has 0 atom stereocenters. The zero-order valence-corrected chi connectivity index (χ0v) is 18.6. The molecule has 0 spiro atoms. The molecule has 1 amide bonds. The predicted molar refractivity (Wildman–Crippen MR) is 117 cm³/mol. The van der Waals surface area contributed by atoms with E-state index in [1.165, 1.54) is 7.11 Å². The first-order valence-corrected chi connectivity index (χ1v) is 10.1. The van der Waals surface area contributed by atoms with E-state index < -0.39 is 5.97 Å². The molecule has 8 heteroatoms. The second-order valence-electron chi connectivity index (χ2n) is 7.50. The number of esters is 1. The lowest BCUT2D eigenvalue weighted by Gasteiger charge is -2.15. The first-order valence-electron chi connectivity index (χ1n) is 10.1. The summed E-state index contributed by atoms with van der Waals surface area (Å²) in [6.07, 6.45) is 0.315. The summed E-state index contributed by atoms with van der Waals surface area (Å²) in [5.41, 5.74) is 3.76. The molecule has 0 saturated carbocycles. The Hall–Kier alpha value is -3.39. The van der Waals surface area contributed by atoms with E-state index >= 15 is 0 Å². The highest BCUT2D eigenvalue weighted by molar-refractivity contribution is 5.92. The van der Waals surface area contributed by atoms with Gasteiger partial charge in [0.25, 0.3) is 0 Å². The van der Waals surface area contributed by atoms with Crippen LogP contribution >= 0.6 is 0 Å². The molecule has 0 aliphatic rings. The van der Waals surface area contributed by atoms with Crippen LogP contribution in [0.2, 0.25) is 0 Å². The lowest BCUT2D eigenvalue weighted by atomic mass is 10.2. The maximum absolute atomic E-state index is 12.5. The molecule has 0 fully saturated rings. The van der Waals surface area contributed by atoms with Crippen molar-refractivity contribution in [2.24, 2.45) is 0 Å². The summed E-state index contributed by atoms with van der Waals surface area (Å²) in [6, 6.07) is 11.5. The van der Waals surface area contributed by atoms with Crippen LogP contribution in [0.15, 0.2) is 40.8 Å². The van der Waals surface area contributed by atoms with Crippen molar-refractivity contribution in [3.63, 3.8) is 0 Å². The number of carbonyl (C=O) groups is 2. The van der Waals surface area contributed by atoms with Crippen LogP contribution in [0.4, 0.5) is 5.69 Å². The van der Waals surface area contributed by atoms with Gasteiger partial charge in [-0.3, -0.25) is 9.69 Å². The Morgan fingerprint density at radius 3 is 2.58 bits per heavy atom. The number of aryl methyl sites for hydroxylation is 2. The van der Waals surface area contributed by atoms with Crippen molar-refractivity contribution in [2.75, 3.05) is 26.0 Å². The van der Waals surface area contributed by atoms with E-state index in [0.29, 0.717) is 36.6 Å². The van der Waals surface area contributed by atoms with E-state index in [4.69, 9.17) is 9.15 Å². The SMILES string of the molecule is COC(=O)c1cc(CN(C)CCC(=O)Nc2c(C)nn(-c3ccccc3)c2C)oc1C. The van der Waals surface area contributed by atoms with Gasteiger partial charge in [-0.1, -0.05) is 18.2 Å². The third-order valence-electron chi connectivity index (χ3n) is 5.08. The molecule has 0 bridgehead atoms. The minimum Gasteiger partial charge on any atom is -0.465 e. The monoisotopic (exact) mass is 424 g/mol. The van der Waals surface area contributed by atoms with Crippen molar-refractivity contribution in [2.45, 2.75) is 33.7 Å². The number of rotatable bonds is 8. The molecule has 0 radical (unpaired) electrons. The Kier molecular flexibility index (Phi) is 6.91. The molecular weight excluding hydrogens is 396 g/mol. The van der Waals surface area contributed by atoms with Crippen molar-refractivity contribution < 1.29 is 18.7 Å². The molecule has 0 unspecified atom stereocenters. The highest BCUT2D eigenvalue weighted by Gasteiger charge is 2.18. The molecule has 3 rings (SSSR count). The minimum atomic E-state index is -0.420. The second kappa shape index (κ2) is 9.61. The number of amides is 1. The number of methoxy groups -OCH3 is 1. The molecule has 2 heterocycles. The first kappa shape index (κ1) is 22.3. The molecule has 1 N–H and O–H groups in total. The second-order valence-corrected chi connectivity index (χ2v) is 7.50. The fraction of sp³-hybridized carbons (Fsp3) is 0.348. The third-order valence-corrected chi connectivity index (χ3v) is 5.08. The van der Waals surface area contributed by atoms with Crippen LogP contribution in [0.25, 0.3) is 5.69 Å². The van der Waals surface area contributed by atoms with Gasteiger partial charge in [0.1, 0.15) is 17.1 Å². The quantitative estimate of drug-likeness (QED) is 0.556. The third kappa shape index (κ3) is 5.21. The van der Waals surface area contributed by atoms with Gasteiger partial charge in [-0.15, -0.1) is 0 Å². The number of anilines is 1. The molecule has 0 aliphatic carbocycles. The summed E-state index contributed by atoms with van der Waals surface area (Å²) in [7, 11) is 3.24. The zero-order valence-electron chi connectivity index (χ0n) is 18.6. The van der Waals surface area contributed by atoms with Crippen LogP contribution in [0.1, 0.15) is 39.7 Å². The van der Waals surface area contributed by atoms with Crippen LogP contribution in [-0.2, 0) is 16.1 Å². The fourth-order valence-electron chi connectivity index (χ4n) is 3.42. The average molecular weight is 425 g/mol. The number of aromatic nitrogens is 2. The lowest BCUT2D eigenvalue weighted by molar-refractivity contribution is -0.116. The summed E-state index contributed by atoms with van der Waals surface area (Å²) in [4.78, 5) is 26.2. The van der Waals surface area contributed by atoms with E-state index in [0.717, 1.165) is 22.8 Å². The largest absolute Gasteiger partial charge is 0.465 e. The van der Waals surface area contributed by atoms with E-state index in [9.17, 15) is 9.59 Å². The van der Waals surface area contributed by atoms with Gasteiger partial charge in [-0.25, -0.2) is 9.48 Å². The lowest BCUT2D eigenvalue weighted by Crippen LogP contribution is -2.24.